The Hall–Kier alpha value is -0.790. The van der Waals surface area contributed by atoms with Gasteiger partial charge in [0, 0.05) is 5.70 Å². The predicted molar refractivity (Wildman–Crippen MR) is 60.9 cm³/mol. The number of rotatable bonds is 8. The highest BCUT2D eigenvalue weighted by atomic mass is 16.1. The maximum atomic E-state index is 10.2. The van der Waals surface area contributed by atoms with Crippen LogP contribution in [0.2, 0.25) is 0 Å². The number of hydrogen-bond acceptors (Lipinski definition) is 1. The van der Waals surface area contributed by atoms with Crippen LogP contribution in [0.3, 0.4) is 0 Å². The van der Waals surface area contributed by atoms with Gasteiger partial charge in [-0.3, -0.25) is 4.79 Å². The van der Waals surface area contributed by atoms with E-state index >= 15 is 0 Å². The van der Waals surface area contributed by atoms with E-state index in [4.69, 9.17) is 0 Å². The summed E-state index contributed by atoms with van der Waals surface area (Å²) in [5, 5.41) is 2.70. The fourth-order valence-electron chi connectivity index (χ4n) is 1.39. The Kier molecular flexibility index (Phi) is 8.30. The maximum absolute atomic E-state index is 10.2. The lowest BCUT2D eigenvalue weighted by Gasteiger charge is -2.06. The Labute approximate surface area is 87.8 Å². The van der Waals surface area contributed by atoms with Crippen LogP contribution in [0.5, 0.6) is 0 Å². The van der Waals surface area contributed by atoms with Gasteiger partial charge in [0.05, 0.1) is 0 Å². The second-order valence-electron chi connectivity index (χ2n) is 3.83. The van der Waals surface area contributed by atoms with E-state index in [0.717, 1.165) is 18.5 Å². The Balaban J connectivity index is 3.56. The molecule has 0 aromatic carbocycles. The highest BCUT2D eigenvalue weighted by Gasteiger charge is 1.96. The van der Waals surface area contributed by atoms with Gasteiger partial charge in [0.2, 0.25) is 6.41 Å². The molecule has 0 aliphatic heterocycles. The van der Waals surface area contributed by atoms with Gasteiger partial charge in [0.1, 0.15) is 0 Å². The molecule has 2 nitrogen and oxygen atoms in total. The molecule has 0 aromatic rings. The molecule has 14 heavy (non-hydrogen) atoms. The number of unbranched alkanes of at least 4 members (excludes halogenated alkanes) is 4. The summed E-state index contributed by atoms with van der Waals surface area (Å²) in [6.07, 6.45) is 8.37. The van der Waals surface area contributed by atoms with Crippen LogP contribution in [0.1, 0.15) is 59.3 Å². The van der Waals surface area contributed by atoms with Gasteiger partial charge >= 0.3 is 0 Å². The summed E-state index contributed by atoms with van der Waals surface area (Å²) in [5.41, 5.74) is 2.31. The molecule has 0 spiro atoms. The molecule has 0 rings (SSSR count). The van der Waals surface area contributed by atoms with E-state index in [1.807, 2.05) is 6.92 Å². The minimum atomic E-state index is 0.746. The van der Waals surface area contributed by atoms with Crippen LogP contribution >= 0.6 is 0 Å². The normalized spacial score (nSPS) is 12.2. The molecule has 0 saturated heterocycles. The fourth-order valence-corrected chi connectivity index (χ4v) is 1.39. The number of nitrogens with one attached hydrogen (secondary N) is 1. The van der Waals surface area contributed by atoms with Gasteiger partial charge in [-0.05, 0) is 26.7 Å². The molecule has 0 bridgehead atoms. The summed E-state index contributed by atoms with van der Waals surface area (Å²) in [6.45, 7) is 6.27. The summed E-state index contributed by atoms with van der Waals surface area (Å²) in [5.74, 6) is 0. The summed E-state index contributed by atoms with van der Waals surface area (Å²) in [4.78, 5) is 10.2. The molecule has 82 valence electrons. The second kappa shape index (κ2) is 8.79. The van der Waals surface area contributed by atoms with Crippen molar-refractivity contribution in [2.45, 2.75) is 59.3 Å². The van der Waals surface area contributed by atoms with E-state index in [2.05, 4.69) is 19.2 Å². The molecule has 0 aliphatic rings. The van der Waals surface area contributed by atoms with Crippen LogP contribution in [0.25, 0.3) is 0 Å². The standard InChI is InChI=1S/C12H23NO/c1-4-5-6-7-8-9-11(2)12(3)13-10-14/h10H,4-9H2,1-3H3,(H,13,14)/b12-11-. The summed E-state index contributed by atoms with van der Waals surface area (Å²) < 4.78 is 0. The fraction of sp³-hybridized carbons (Fsp3) is 0.750. The first-order valence-electron chi connectivity index (χ1n) is 5.59. The molecule has 1 amide bonds. The number of carbonyl (C=O) groups excluding carboxylic acids is 1. The third-order valence-corrected chi connectivity index (χ3v) is 2.57. The molecule has 0 heterocycles. The maximum Gasteiger partial charge on any atom is 0.211 e. The first-order valence-corrected chi connectivity index (χ1v) is 5.59. The zero-order valence-electron chi connectivity index (χ0n) is 9.73. The third kappa shape index (κ3) is 6.70. The predicted octanol–water partition coefficient (Wildman–Crippen LogP) is 3.39. The van der Waals surface area contributed by atoms with Crippen molar-refractivity contribution in [3.63, 3.8) is 0 Å². The van der Waals surface area contributed by atoms with E-state index in [9.17, 15) is 4.79 Å². The van der Waals surface area contributed by atoms with Crippen LogP contribution < -0.4 is 5.32 Å². The second-order valence-corrected chi connectivity index (χ2v) is 3.83. The molecule has 0 aromatic heterocycles. The zero-order chi connectivity index (χ0) is 10.8. The number of hydrogen-bond donors (Lipinski definition) is 1. The average molecular weight is 197 g/mol. The van der Waals surface area contributed by atoms with Gasteiger partial charge in [0.15, 0.2) is 0 Å². The highest BCUT2D eigenvalue weighted by Crippen LogP contribution is 2.12. The third-order valence-electron chi connectivity index (χ3n) is 2.57. The Morgan fingerprint density at radius 2 is 1.79 bits per heavy atom. The van der Waals surface area contributed by atoms with Crippen molar-refractivity contribution in [3.8, 4) is 0 Å². The molecule has 0 atom stereocenters. The van der Waals surface area contributed by atoms with Gasteiger partial charge in [-0.15, -0.1) is 0 Å². The molecule has 2 heteroatoms. The number of carbonyl (C=O) groups is 1. The molecular formula is C12H23NO. The van der Waals surface area contributed by atoms with Crippen LogP contribution in [-0.2, 0) is 4.79 Å². The zero-order valence-corrected chi connectivity index (χ0v) is 9.73. The quantitative estimate of drug-likeness (QED) is 0.469. The van der Waals surface area contributed by atoms with Gasteiger partial charge in [-0.2, -0.15) is 0 Å². The summed E-state index contributed by atoms with van der Waals surface area (Å²) in [6, 6.07) is 0. The minimum absolute atomic E-state index is 0.746. The van der Waals surface area contributed by atoms with Gasteiger partial charge in [-0.1, -0.05) is 38.2 Å². The van der Waals surface area contributed by atoms with Crippen molar-refractivity contribution in [1.82, 2.24) is 5.32 Å². The lowest BCUT2D eigenvalue weighted by atomic mass is 10.1. The molecule has 0 aliphatic carbocycles. The van der Waals surface area contributed by atoms with Crippen LogP contribution in [0, 0.1) is 0 Å². The summed E-state index contributed by atoms with van der Waals surface area (Å²) in [7, 11) is 0. The lowest BCUT2D eigenvalue weighted by Crippen LogP contribution is -2.09. The topological polar surface area (TPSA) is 29.1 Å². The average Bonchev–Trinajstić information content (AvgIpc) is 2.17. The molecule has 1 N–H and O–H groups in total. The van der Waals surface area contributed by atoms with E-state index in [1.54, 1.807) is 0 Å². The van der Waals surface area contributed by atoms with Crippen molar-refractivity contribution in [2.24, 2.45) is 0 Å². The first-order chi connectivity index (χ1) is 6.72. The highest BCUT2D eigenvalue weighted by molar-refractivity contribution is 5.50. The van der Waals surface area contributed by atoms with E-state index in [-0.39, 0.29) is 0 Å². The van der Waals surface area contributed by atoms with Crippen molar-refractivity contribution in [1.29, 1.82) is 0 Å². The Morgan fingerprint density at radius 1 is 1.14 bits per heavy atom. The largest absolute Gasteiger partial charge is 0.333 e. The van der Waals surface area contributed by atoms with Gasteiger partial charge in [-0.25, -0.2) is 0 Å². The van der Waals surface area contributed by atoms with Crippen LogP contribution in [-0.4, -0.2) is 6.41 Å². The van der Waals surface area contributed by atoms with Crippen molar-refractivity contribution < 1.29 is 4.79 Å². The van der Waals surface area contributed by atoms with E-state index in [0.29, 0.717) is 0 Å². The first kappa shape index (κ1) is 13.2. The minimum Gasteiger partial charge on any atom is -0.333 e. The van der Waals surface area contributed by atoms with Gasteiger partial charge in [0.25, 0.3) is 0 Å². The van der Waals surface area contributed by atoms with Crippen molar-refractivity contribution in [2.75, 3.05) is 0 Å². The molecule has 0 saturated carbocycles. The number of allylic oxidation sites excluding steroid dienone is 2. The molecule has 0 unspecified atom stereocenters. The Morgan fingerprint density at radius 3 is 2.36 bits per heavy atom. The van der Waals surface area contributed by atoms with Crippen molar-refractivity contribution >= 4 is 6.41 Å². The monoisotopic (exact) mass is 197 g/mol. The van der Waals surface area contributed by atoms with Crippen LogP contribution in [0.4, 0.5) is 0 Å². The van der Waals surface area contributed by atoms with Crippen LogP contribution in [0.15, 0.2) is 11.3 Å². The lowest BCUT2D eigenvalue weighted by molar-refractivity contribution is -0.108. The number of amides is 1. The van der Waals surface area contributed by atoms with E-state index in [1.165, 1.54) is 37.7 Å². The summed E-state index contributed by atoms with van der Waals surface area (Å²) >= 11 is 0. The van der Waals surface area contributed by atoms with Crippen molar-refractivity contribution in [3.05, 3.63) is 11.3 Å². The molecular weight excluding hydrogens is 174 g/mol. The molecule has 0 radical (unpaired) electrons. The smallest absolute Gasteiger partial charge is 0.211 e. The molecule has 0 fully saturated rings. The SMILES string of the molecule is CCCCCCC/C(C)=C(/C)NC=O. The Bertz CT molecular complexity index is 185. The van der Waals surface area contributed by atoms with E-state index < -0.39 is 0 Å². The van der Waals surface area contributed by atoms with Gasteiger partial charge < -0.3 is 5.32 Å².